The number of amides is 1. The first kappa shape index (κ1) is 24.4. The Morgan fingerprint density at radius 1 is 1.00 bits per heavy atom. The first-order chi connectivity index (χ1) is 15.9. The largest absolute Gasteiger partial charge is 0.497 e. The molecule has 0 heterocycles. The monoisotopic (exact) mass is 457 g/mol. The van der Waals surface area contributed by atoms with Gasteiger partial charge in [0.05, 0.1) is 18.9 Å². The number of nitrogens with one attached hydrogen (secondary N) is 1. The van der Waals surface area contributed by atoms with E-state index in [-0.39, 0.29) is 31.0 Å². The molecule has 0 aromatic heterocycles. The molecule has 0 saturated heterocycles. The summed E-state index contributed by atoms with van der Waals surface area (Å²) in [5.74, 6) is -0.824. The molecule has 0 radical (unpaired) electrons. The Labute approximate surface area is 193 Å². The molecule has 0 spiro atoms. The molecule has 8 nitrogen and oxygen atoms in total. The van der Waals surface area contributed by atoms with Gasteiger partial charge in [-0.25, -0.2) is 4.79 Å². The smallest absolute Gasteiger partial charge is 0.407 e. The van der Waals surface area contributed by atoms with Crippen LogP contribution in [-0.2, 0) is 19.1 Å². The Morgan fingerprint density at radius 2 is 1.67 bits per heavy atom. The molecule has 0 unspecified atom stereocenters. The number of ether oxygens (including phenoxy) is 3. The van der Waals surface area contributed by atoms with Crippen molar-refractivity contribution in [2.75, 3.05) is 26.9 Å². The van der Waals surface area contributed by atoms with E-state index >= 15 is 0 Å². The van der Waals surface area contributed by atoms with Crippen LogP contribution in [0.3, 0.4) is 0 Å². The second kappa shape index (κ2) is 11.5. The van der Waals surface area contributed by atoms with Gasteiger partial charge < -0.3 is 24.6 Å². The number of hydrogen-bond acceptors (Lipinski definition) is 6. The van der Waals surface area contributed by atoms with Crippen molar-refractivity contribution in [2.24, 2.45) is 11.8 Å². The fourth-order valence-electron chi connectivity index (χ4n) is 4.07. The quantitative estimate of drug-likeness (QED) is 0.430. The summed E-state index contributed by atoms with van der Waals surface area (Å²) in [6.45, 7) is 2.17. The lowest BCUT2D eigenvalue weighted by atomic mass is 9.82. The van der Waals surface area contributed by atoms with Crippen LogP contribution < -0.4 is 10.1 Å². The van der Waals surface area contributed by atoms with Crippen LogP contribution in [0, 0.1) is 11.8 Å². The summed E-state index contributed by atoms with van der Waals surface area (Å²) < 4.78 is 15.6. The molecule has 0 bridgehead atoms. The van der Waals surface area contributed by atoms with E-state index in [2.05, 4.69) is 5.32 Å². The van der Waals surface area contributed by atoms with Crippen molar-refractivity contribution in [3.63, 3.8) is 0 Å². The molecule has 1 saturated carbocycles. The Hall–Kier alpha value is -3.29. The number of carbonyl (C=O) groups excluding carboxylic acids is 2. The number of methoxy groups -OCH3 is 1. The Bertz CT molecular complexity index is 982. The van der Waals surface area contributed by atoms with Gasteiger partial charge in [-0.05, 0) is 67.0 Å². The molecular formula is C25H31NO7. The highest BCUT2D eigenvalue weighted by molar-refractivity contribution is 5.86. The summed E-state index contributed by atoms with van der Waals surface area (Å²) in [5.41, 5.74) is 0.842. The minimum absolute atomic E-state index is 0.0227. The number of rotatable bonds is 9. The molecule has 33 heavy (non-hydrogen) atoms. The predicted molar refractivity (Wildman–Crippen MR) is 122 cm³/mol. The van der Waals surface area contributed by atoms with Crippen LogP contribution >= 0.6 is 0 Å². The van der Waals surface area contributed by atoms with Gasteiger partial charge in [-0.3, -0.25) is 9.59 Å². The lowest BCUT2D eigenvalue weighted by molar-refractivity contribution is -0.146. The number of fused-ring (bicyclic) bond motifs is 1. The molecule has 2 N–H and O–H groups in total. The fourth-order valence-corrected chi connectivity index (χ4v) is 4.07. The molecule has 1 fully saturated rings. The van der Waals surface area contributed by atoms with Crippen LogP contribution in [0.5, 0.6) is 5.75 Å². The van der Waals surface area contributed by atoms with Crippen molar-refractivity contribution in [3.05, 3.63) is 42.0 Å². The highest BCUT2D eigenvalue weighted by atomic mass is 16.6. The van der Waals surface area contributed by atoms with Crippen LogP contribution in [0.25, 0.3) is 10.8 Å². The number of aliphatic carboxylic acids is 1. The van der Waals surface area contributed by atoms with Crippen molar-refractivity contribution in [1.82, 2.24) is 5.32 Å². The predicted octanol–water partition coefficient (Wildman–Crippen LogP) is 4.11. The van der Waals surface area contributed by atoms with E-state index in [4.69, 9.17) is 19.3 Å². The van der Waals surface area contributed by atoms with E-state index in [1.807, 2.05) is 36.4 Å². The molecule has 1 aliphatic rings. The van der Waals surface area contributed by atoms with E-state index in [1.54, 1.807) is 14.0 Å². The summed E-state index contributed by atoms with van der Waals surface area (Å²) in [6, 6.07) is 11.5. The molecule has 178 valence electrons. The van der Waals surface area contributed by atoms with Crippen molar-refractivity contribution < 1.29 is 33.7 Å². The van der Waals surface area contributed by atoms with E-state index in [9.17, 15) is 14.4 Å². The highest BCUT2D eigenvalue weighted by Crippen LogP contribution is 2.28. The second-order valence-corrected chi connectivity index (χ2v) is 8.43. The highest BCUT2D eigenvalue weighted by Gasteiger charge is 2.26. The van der Waals surface area contributed by atoms with E-state index in [0.29, 0.717) is 19.4 Å². The van der Waals surface area contributed by atoms with Gasteiger partial charge in [-0.1, -0.05) is 24.3 Å². The van der Waals surface area contributed by atoms with Gasteiger partial charge in [-0.2, -0.15) is 0 Å². The normalized spacial score (nSPS) is 18.8. The van der Waals surface area contributed by atoms with Crippen molar-refractivity contribution in [2.45, 2.75) is 38.5 Å². The first-order valence-electron chi connectivity index (χ1n) is 11.2. The minimum atomic E-state index is -0.744. The van der Waals surface area contributed by atoms with Crippen molar-refractivity contribution >= 4 is 28.8 Å². The van der Waals surface area contributed by atoms with E-state index in [1.165, 1.54) is 0 Å². The molecule has 2 aromatic carbocycles. The Morgan fingerprint density at radius 3 is 2.36 bits per heavy atom. The fraction of sp³-hybridized carbons (Fsp3) is 0.480. The SMILES string of the molecule is COc1ccc2cc([C@H](C)C(=O)OCCOC(=O)NCC3CCC(C(=O)O)CC3)ccc2c1. The van der Waals surface area contributed by atoms with Crippen LogP contribution in [0.4, 0.5) is 4.79 Å². The maximum atomic E-state index is 12.4. The number of carbonyl (C=O) groups is 3. The zero-order valence-electron chi connectivity index (χ0n) is 19.0. The maximum Gasteiger partial charge on any atom is 0.407 e. The van der Waals surface area contributed by atoms with Gasteiger partial charge in [0, 0.05) is 6.54 Å². The van der Waals surface area contributed by atoms with Gasteiger partial charge in [0.15, 0.2) is 0 Å². The van der Waals surface area contributed by atoms with E-state index < -0.39 is 18.0 Å². The average Bonchev–Trinajstić information content (AvgIpc) is 2.84. The third-order valence-electron chi connectivity index (χ3n) is 6.22. The van der Waals surface area contributed by atoms with Crippen LogP contribution in [0.2, 0.25) is 0 Å². The van der Waals surface area contributed by atoms with Gasteiger partial charge in [0.1, 0.15) is 19.0 Å². The molecule has 1 atom stereocenters. The average molecular weight is 458 g/mol. The molecule has 3 rings (SSSR count). The number of benzene rings is 2. The lowest BCUT2D eigenvalue weighted by Crippen LogP contribution is -2.33. The van der Waals surface area contributed by atoms with E-state index in [0.717, 1.165) is 34.9 Å². The zero-order chi connectivity index (χ0) is 23.8. The number of esters is 1. The summed E-state index contributed by atoms with van der Waals surface area (Å²) in [4.78, 5) is 35.2. The van der Waals surface area contributed by atoms with Gasteiger partial charge in [0.2, 0.25) is 0 Å². The summed E-state index contributed by atoms with van der Waals surface area (Å²) >= 11 is 0. The van der Waals surface area contributed by atoms with Crippen LogP contribution in [-0.4, -0.2) is 50.0 Å². The van der Waals surface area contributed by atoms with Gasteiger partial charge >= 0.3 is 18.0 Å². The second-order valence-electron chi connectivity index (χ2n) is 8.43. The van der Waals surface area contributed by atoms with Crippen molar-refractivity contribution in [1.29, 1.82) is 0 Å². The zero-order valence-corrected chi connectivity index (χ0v) is 19.0. The van der Waals surface area contributed by atoms with Crippen molar-refractivity contribution in [3.8, 4) is 5.75 Å². The standard InChI is InChI=1S/C25H31NO7/c1-16(19-7-8-21-14-22(31-2)10-9-20(21)13-19)24(29)32-11-12-33-25(30)26-15-17-3-5-18(6-4-17)23(27)28/h7-10,13-14,16-18H,3-6,11-12,15H2,1-2H3,(H,26,30)(H,27,28)/t16-,17?,18?/m0/s1. The number of alkyl carbamates (subject to hydrolysis) is 1. The van der Waals surface area contributed by atoms with Crippen LogP contribution in [0.1, 0.15) is 44.1 Å². The first-order valence-corrected chi connectivity index (χ1v) is 11.2. The molecule has 1 amide bonds. The lowest BCUT2D eigenvalue weighted by Gasteiger charge is -2.25. The summed E-state index contributed by atoms with van der Waals surface area (Å²) in [6.07, 6.45) is 2.25. The number of carboxylic acid groups (broad SMARTS) is 1. The Balaban J connectivity index is 1.35. The van der Waals surface area contributed by atoms with Gasteiger partial charge in [0.25, 0.3) is 0 Å². The minimum Gasteiger partial charge on any atom is -0.497 e. The molecular weight excluding hydrogens is 426 g/mol. The third-order valence-corrected chi connectivity index (χ3v) is 6.22. The third kappa shape index (κ3) is 6.84. The Kier molecular flexibility index (Phi) is 8.52. The molecule has 1 aliphatic carbocycles. The molecule has 8 heteroatoms. The summed E-state index contributed by atoms with van der Waals surface area (Å²) in [7, 11) is 1.62. The topological polar surface area (TPSA) is 111 Å². The number of hydrogen-bond donors (Lipinski definition) is 2. The number of carboxylic acids is 1. The molecule has 2 aromatic rings. The van der Waals surface area contributed by atoms with Gasteiger partial charge in [-0.15, -0.1) is 0 Å². The molecule has 0 aliphatic heterocycles. The maximum absolute atomic E-state index is 12.4. The van der Waals surface area contributed by atoms with Crippen LogP contribution in [0.15, 0.2) is 36.4 Å². The summed E-state index contributed by atoms with van der Waals surface area (Å²) in [5, 5.41) is 13.8.